The van der Waals surface area contributed by atoms with Crippen LogP contribution < -0.4 is 0 Å². The smallest absolute Gasteiger partial charge is 0.253 e. The highest BCUT2D eigenvalue weighted by Gasteiger charge is 2.26. The first kappa shape index (κ1) is 21.1. The van der Waals surface area contributed by atoms with Gasteiger partial charge in [0.2, 0.25) is 11.8 Å². The van der Waals surface area contributed by atoms with Crippen LogP contribution in [-0.2, 0) is 22.6 Å². The molecule has 0 atom stereocenters. The lowest BCUT2D eigenvalue weighted by Gasteiger charge is -2.35. The molecule has 2 aliphatic rings. The van der Waals surface area contributed by atoms with Gasteiger partial charge in [-0.1, -0.05) is 17.3 Å². The minimum absolute atomic E-state index is 0.0266. The monoisotopic (exact) mass is 424 g/mol. The third-order valence-corrected chi connectivity index (χ3v) is 6.15. The van der Waals surface area contributed by atoms with Gasteiger partial charge < -0.3 is 19.2 Å². The molecule has 0 saturated carbocycles. The molecule has 0 bridgehead atoms. The zero-order valence-electron chi connectivity index (χ0n) is 18.1. The number of amides is 3. The van der Waals surface area contributed by atoms with E-state index in [4.69, 9.17) is 4.52 Å². The Hall–Kier alpha value is -3.16. The van der Waals surface area contributed by atoms with E-state index in [-0.39, 0.29) is 24.1 Å². The van der Waals surface area contributed by atoms with Crippen molar-refractivity contribution in [1.29, 1.82) is 0 Å². The van der Waals surface area contributed by atoms with Gasteiger partial charge in [0.1, 0.15) is 5.76 Å². The number of piperazine rings is 1. The van der Waals surface area contributed by atoms with Crippen molar-refractivity contribution in [3.8, 4) is 0 Å². The minimum Gasteiger partial charge on any atom is -0.361 e. The number of rotatable bonds is 5. The molecule has 3 heterocycles. The van der Waals surface area contributed by atoms with Gasteiger partial charge in [0.15, 0.2) is 0 Å². The second kappa shape index (κ2) is 8.91. The van der Waals surface area contributed by atoms with Gasteiger partial charge in [-0.3, -0.25) is 14.4 Å². The molecule has 4 rings (SSSR count). The van der Waals surface area contributed by atoms with Crippen molar-refractivity contribution in [1.82, 2.24) is 19.9 Å². The summed E-state index contributed by atoms with van der Waals surface area (Å²) in [7, 11) is 0. The molecule has 2 fully saturated rings. The zero-order valence-corrected chi connectivity index (χ0v) is 18.1. The Morgan fingerprint density at radius 2 is 1.81 bits per heavy atom. The van der Waals surface area contributed by atoms with Crippen LogP contribution in [0.2, 0.25) is 0 Å². The number of hydrogen-bond acceptors (Lipinski definition) is 5. The van der Waals surface area contributed by atoms with E-state index in [1.165, 1.54) is 0 Å². The van der Waals surface area contributed by atoms with Gasteiger partial charge in [0.25, 0.3) is 5.91 Å². The second-order valence-electron chi connectivity index (χ2n) is 8.27. The van der Waals surface area contributed by atoms with E-state index < -0.39 is 0 Å². The Labute approximate surface area is 181 Å². The summed E-state index contributed by atoms with van der Waals surface area (Å²) in [6.07, 6.45) is 1.78. The first-order valence-electron chi connectivity index (χ1n) is 10.8. The van der Waals surface area contributed by atoms with Crippen molar-refractivity contribution in [2.24, 2.45) is 0 Å². The molecule has 0 N–H and O–H groups in total. The fourth-order valence-corrected chi connectivity index (χ4v) is 4.25. The summed E-state index contributed by atoms with van der Waals surface area (Å²) in [5.74, 6) is 0.843. The molecule has 0 radical (unpaired) electrons. The molecule has 3 amide bonds. The van der Waals surface area contributed by atoms with Crippen LogP contribution >= 0.6 is 0 Å². The number of likely N-dealkylation sites (tertiary alicyclic amines) is 1. The predicted octanol–water partition coefficient (Wildman–Crippen LogP) is 1.94. The summed E-state index contributed by atoms with van der Waals surface area (Å²) in [6.45, 7) is 7.00. The van der Waals surface area contributed by atoms with E-state index in [0.29, 0.717) is 50.5 Å². The number of aromatic nitrogens is 1. The topological polar surface area (TPSA) is 87.0 Å². The summed E-state index contributed by atoms with van der Waals surface area (Å²) in [5, 5.41) is 3.91. The van der Waals surface area contributed by atoms with Crippen LogP contribution in [0.1, 0.15) is 45.8 Å². The maximum Gasteiger partial charge on any atom is 0.253 e. The quantitative estimate of drug-likeness (QED) is 0.732. The van der Waals surface area contributed by atoms with Gasteiger partial charge in [-0.15, -0.1) is 0 Å². The molecule has 8 heteroatoms. The molecule has 8 nitrogen and oxygen atoms in total. The maximum atomic E-state index is 13.0. The normalized spacial score (nSPS) is 16.8. The van der Waals surface area contributed by atoms with Gasteiger partial charge in [0, 0.05) is 56.8 Å². The molecule has 31 heavy (non-hydrogen) atoms. The molecule has 2 aromatic rings. The molecule has 0 aliphatic carbocycles. The Balaban J connectivity index is 1.33. The fraction of sp³-hybridized carbons (Fsp3) is 0.478. The van der Waals surface area contributed by atoms with Crippen LogP contribution in [0.15, 0.2) is 28.8 Å². The van der Waals surface area contributed by atoms with Crippen molar-refractivity contribution >= 4 is 17.7 Å². The number of carbonyl (C=O) groups is 3. The number of carbonyl (C=O) groups excluding carboxylic acids is 3. The third-order valence-electron chi connectivity index (χ3n) is 6.15. The Morgan fingerprint density at radius 1 is 1.06 bits per heavy atom. The van der Waals surface area contributed by atoms with E-state index >= 15 is 0 Å². The molecular weight excluding hydrogens is 396 g/mol. The zero-order chi connectivity index (χ0) is 22.0. The van der Waals surface area contributed by atoms with Gasteiger partial charge in [-0.25, -0.2) is 0 Å². The van der Waals surface area contributed by atoms with Crippen LogP contribution in [0.5, 0.6) is 0 Å². The van der Waals surface area contributed by atoms with Crippen molar-refractivity contribution in [3.63, 3.8) is 0 Å². The largest absolute Gasteiger partial charge is 0.361 e. The lowest BCUT2D eigenvalue weighted by molar-refractivity contribution is -0.132. The van der Waals surface area contributed by atoms with Crippen LogP contribution in [0, 0.1) is 13.8 Å². The lowest BCUT2D eigenvalue weighted by Crippen LogP contribution is -2.51. The summed E-state index contributed by atoms with van der Waals surface area (Å²) in [6, 6.07) is 7.51. The number of aryl methyl sites for hydroxylation is 2. The van der Waals surface area contributed by atoms with Crippen LogP contribution in [0.25, 0.3) is 0 Å². The van der Waals surface area contributed by atoms with Crippen LogP contribution in [0.3, 0.4) is 0 Å². The van der Waals surface area contributed by atoms with Gasteiger partial charge in [0.05, 0.1) is 12.1 Å². The molecule has 0 spiro atoms. The van der Waals surface area contributed by atoms with Gasteiger partial charge in [-0.2, -0.15) is 0 Å². The standard InChI is InChI=1S/C23H28N4O4/c1-16-20(17(2)31-24-16)14-22(29)25-9-11-26(12-10-25)23(30)19-6-3-5-18(13-19)15-27-8-4-7-21(27)28/h3,5-6,13H,4,7-12,14-15H2,1-2H3. The summed E-state index contributed by atoms with van der Waals surface area (Å²) >= 11 is 0. The van der Waals surface area contributed by atoms with Crippen molar-refractivity contribution in [2.75, 3.05) is 32.7 Å². The highest BCUT2D eigenvalue weighted by atomic mass is 16.5. The average molecular weight is 425 g/mol. The summed E-state index contributed by atoms with van der Waals surface area (Å²) in [5.41, 5.74) is 3.18. The van der Waals surface area contributed by atoms with E-state index in [0.717, 1.165) is 29.8 Å². The Bertz CT molecular complexity index is 972. The van der Waals surface area contributed by atoms with Crippen LogP contribution in [-0.4, -0.2) is 70.3 Å². The summed E-state index contributed by atoms with van der Waals surface area (Å²) < 4.78 is 5.14. The van der Waals surface area contributed by atoms with Gasteiger partial charge in [-0.05, 0) is 38.0 Å². The molecule has 1 aromatic carbocycles. The fourth-order valence-electron chi connectivity index (χ4n) is 4.25. The first-order valence-corrected chi connectivity index (χ1v) is 10.8. The first-order chi connectivity index (χ1) is 14.9. The SMILES string of the molecule is Cc1noc(C)c1CC(=O)N1CCN(C(=O)c2cccc(CN3CCCC3=O)c2)CC1. The van der Waals surface area contributed by atoms with Crippen molar-refractivity contribution < 1.29 is 18.9 Å². The maximum absolute atomic E-state index is 13.0. The minimum atomic E-state index is -0.0348. The molecule has 0 unspecified atom stereocenters. The predicted molar refractivity (Wildman–Crippen MR) is 113 cm³/mol. The molecular formula is C23H28N4O4. The summed E-state index contributed by atoms with van der Waals surface area (Å²) in [4.78, 5) is 43.0. The third kappa shape index (κ3) is 4.62. The van der Waals surface area contributed by atoms with E-state index in [1.807, 2.05) is 43.0 Å². The highest BCUT2D eigenvalue weighted by molar-refractivity contribution is 5.94. The molecule has 1 aromatic heterocycles. The van der Waals surface area contributed by atoms with Crippen LogP contribution in [0.4, 0.5) is 0 Å². The van der Waals surface area contributed by atoms with Gasteiger partial charge >= 0.3 is 0 Å². The number of hydrogen-bond donors (Lipinski definition) is 0. The van der Waals surface area contributed by atoms with E-state index in [1.54, 1.807) is 9.80 Å². The average Bonchev–Trinajstić information content (AvgIpc) is 3.33. The molecule has 2 saturated heterocycles. The lowest BCUT2D eigenvalue weighted by atomic mass is 10.1. The van der Waals surface area contributed by atoms with E-state index in [2.05, 4.69) is 5.16 Å². The molecule has 164 valence electrons. The number of benzene rings is 1. The van der Waals surface area contributed by atoms with Crippen molar-refractivity contribution in [2.45, 2.75) is 39.7 Å². The molecule has 2 aliphatic heterocycles. The Kier molecular flexibility index (Phi) is 6.06. The highest BCUT2D eigenvalue weighted by Crippen LogP contribution is 2.18. The Morgan fingerprint density at radius 3 is 2.45 bits per heavy atom. The second-order valence-corrected chi connectivity index (χ2v) is 8.27. The number of nitrogens with zero attached hydrogens (tertiary/aromatic N) is 4. The van der Waals surface area contributed by atoms with E-state index in [9.17, 15) is 14.4 Å². The van der Waals surface area contributed by atoms with Crippen molar-refractivity contribution in [3.05, 3.63) is 52.4 Å².